The van der Waals surface area contributed by atoms with Crippen LogP contribution in [0.15, 0.2) is 42.6 Å². The molecule has 3 aromatic rings. The molecule has 1 fully saturated rings. The molecule has 0 atom stereocenters. The lowest BCUT2D eigenvalue weighted by molar-refractivity contribution is -0.147. The first kappa shape index (κ1) is 32.6. The standard InChI is InChI=1S/C29H26ClF5N4O5/c1-15(40)37-23-4-2-3-22(30)25(23)24(41)14-38(13-16-9-18(31)11-19(32)10-16)27(42)21-12-36-39(26(21)29(33,34)35)20-7-5-17(6-8-20)28(43)44/h2-4,9-12,17,20H,5-8,13-14H2,1H3,(H,37,40)(H,43,44)/t17-,20-. The highest BCUT2D eigenvalue weighted by Crippen LogP contribution is 2.39. The Bertz CT molecular complexity index is 1580. The summed E-state index contributed by atoms with van der Waals surface area (Å²) < 4.78 is 72.0. The van der Waals surface area contributed by atoms with E-state index in [1.165, 1.54) is 25.1 Å². The summed E-state index contributed by atoms with van der Waals surface area (Å²) in [6.45, 7) is -0.390. The van der Waals surface area contributed by atoms with Crippen molar-refractivity contribution >= 4 is 40.9 Å². The fourth-order valence-electron chi connectivity index (χ4n) is 5.29. The molecule has 4 rings (SSSR count). The maximum Gasteiger partial charge on any atom is 0.433 e. The number of carbonyl (C=O) groups is 4. The average Bonchev–Trinajstić information content (AvgIpc) is 3.37. The van der Waals surface area contributed by atoms with E-state index in [4.69, 9.17) is 11.6 Å². The summed E-state index contributed by atoms with van der Waals surface area (Å²) in [5.41, 5.74) is -2.71. The van der Waals surface area contributed by atoms with Gasteiger partial charge in [0.1, 0.15) is 11.6 Å². The lowest BCUT2D eigenvalue weighted by Crippen LogP contribution is -2.37. The first-order valence-corrected chi connectivity index (χ1v) is 13.7. The molecule has 2 N–H and O–H groups in total. The molecular formula is C29H26ClF5N4O5. The van der Waals surface area contributed by atoms with Gasteiger partial charge in [0.15, 0.2) is 11.5 Å². The van der Waals surface area contributed by atoms with Crippen LogP contribution in [0.4, 0.5) is 27.6 Å². The minimum Gasteiger partial charge on any atom is -0.481 e. The van der Waals surface area contributed by atoms with E-state index in [9.17, 15) is 46.2 Å². The fraction of sp³-hybridized carbons (Fsp3) is 0.345. The predicted molar refractivity (Wildman–Crippen MR) is 147 cm³/mol. The molecule has 0 aliphatic heterocycles. The second-order valence-corrected chi connectivity index (χ2v) is 10.8. The Labute approximate surface area is 252 Å². The molecular weight excluding hydrogens is 615 g/mol. The lowest BCUT2D eigenvalue weighted by atomic mass is 9.86. The highest BCUT2D eigenvalue weighted by molar-refractivity contribution is 6.35. The number of hydrogen-bond acceptors (Lipinski definition) is 5. The Hall–Kier alpha value is -4.33. The molecule has 0 saturated heterocycles. The van der Waals surface area contributed by atoms with Crippen molar-refractivity contribution < 1.29 is 46.2 Å². The van der Waals surface area contributed by atoms with Gasteiger partial charge in [0.05, 0.1) is 46.5 Å². The number of aliphatic carboxylic acids is 1. The number of nitrogens with zero attached hydrogens (tertiary/aromatic N) is 3. The monoisotopic (exact) mass is 640 g/mol. The largest absolute Gasteiger partial charge is 0.481 e. The number of rotatable bonds is 9. The van der Waals surface area contributed by atoms with Crippen LogP contribution in [0.2, 0.25) is 5.02 Å². The number of carboxylic acid groups (broad SMARTS) is 1. The summed E-state index contributed by atoms with van der Waals surface area (Å²) in [6, 6.07) is 5.58. The minimum atomic E-state index is -5.09. The zero-order valence-corrected chi connectivity index (χ0v) is 23.9. The summed E-state index contributed by atoms with van der Waals surface area (Å²) in [5, 5.41) is 15.4. The van der Waals surface area contributed by atoms with Crippen LogP contribution < -0.4 is 5.32 Å². The van der Waals surface area contributed by atoms with Gasteiger partial charge in [-0.15, -0.1) is 0 Å². The smallest absolute Gasteiger partial charge is 0.433 e. The van der Waals surface area contributed by atoms with E-state index in [1.54, 1.807) is 0 Å². The molecule has 0 spiro atoms. The molecule has 44 heavy (non-hydrogen) atoms. The number of carbonyl (C=O) groups excluding carboxylic acids is 3. The molecule has 234 valence electrons. The predicted octanol–water partition coefficient (Wildman–Crippen LogP) is 6.13. The number of nitrogens with one attached hydrogen (secondary N) is 1. The lowest BCUT2D eigenvalue weighted by Gasteiger charge is -2.28. The van der Waals surface area contributed by atoms with Crippen LogP contribution in [0.25, 0.3) is 0 Å². The molecule has 0 bridgehead atoms. The Morgan fingerprint density at radius 2 is 1.70 bits per heavy atom. The van der Waals surface area contributed by atoms with Gasteiger partial charge in [-0.1, -0.05) is 17.7 Å². The molecule has 1 aromatic heterocycles. The molecule has 1 heterocycles. The third-order valence-corrected chi connectivity index (χ3v) is 7.52. The third kappa shape index (κ3) is 7.41. The first-order chi connectivity index (χ1) is 20.6. The number of alkyl halides is 3. The van der Waals surface area contributed by atoms with Crippen LogP contribution in [0.5, 0.6) is 0 Å². The number of ketones is 1. The van der Waals surface area contributed by atoms with Crippen LogP contribution in [-0.2, 0) is 22.3 Å². The summed E-state index contributed by atoms with van der Waals surface area (Å²) in [7, 11) is 0. The molecule has 1 aliphatic carbocycles. The number of benzene rings is 2. The number of amides is 2. The molecule has 2 aromatic carbocycles. The Kier molecular flexibility index (Phi) is 9.72. The first-order valence-electron chi connectivity index (χ1n) is 13.4. The molecule has 9 nitrogen and oxygen atoms in total. The maximum absolute atomic E-state index is 14.5. The van der Waals surface area contributed by atoms with E-state index in [0.29, 0.717) is 21.8 Å². The molecule has 2 amide bonds. The quantitative estimate of drug-likeness (QED) is 0.214. The van der Waals surface area contributed by atoms with Crippen LogP contribution in [0.1, 0.15) is 70.6 Å². The highest BCUT2D eigenvalue weighted by Gasteiger charge is 2.43. The van der Waals surface area contributed by atoms with Crippen LogP contribution in [0, 0.1) is 17.6 Å². The Balaban J connectivity index is 1.74. The average molecular weight is 641 g/mol. The number of anilines is 1. The van der Waals surface area contributed by atoms with Crippen molar-refractivity contribution in [3.63, 3.8) is 0 Å². The topological polar surface area (TPSA) is 122 Å². The molecule has 1 saturated carbocycles. The van der Waals surface area contributed by atoms with E-state index in [1.807, 2.05) is 0 Å². The number of Topliss-reactive ketones (excluding diaryl/α,β-unsaturated/α-hetero) is 1. The summed E-state index contributed by atoms with van der Waals surface area (Å²) in [5.74, 6) is -6.53. The molecule has 0 radical (unpaired) electrons. The van der Waals surface area contributed by atoms with Gasteiger partial charge in [-0.3, -0.25) is 23.9 Å². The molecule has 1 aliphatic rings. The van der Waals surface area contributed by atoms with Gasteiger partial charge in [-0.05, 0) is 55.5 Å². The van der Waals surface area contributed by atoms with Gasteiger partial charge in [0.2, 0.25) is 5.91 Å². The van der Waals surface area contributed by atoms with E-state index < -0.39 is 77.7 Å². The van der Waals surface area contributed by atoms with Gasteiger partial charge in [-0.2, -0.15) is 18.3 Å². The van der Waals surface area contributed by atoms with Crippen LogP contribution >= 0.6 is 11.6 Å². The van der Waals surface area contributed by atoms with Crippen molar-refractivity contribution in [3.8, 4) is 0 Å². The number of halogens is 6. The van der Waals surface area contributed by atoms with Gasteiger partial charge in [0.25, 0.3) is 5.91 Å². The van der Waals surface area contributed by atoms with E-state index in [-0.39, 0.29) is 47.5 Å². The summed E-state index contributed by atoms with van der Waals surface area (Å²) in [4.78, 5) is 51.0. The maximum atomic E-state index is 14.5. The van der Waals surface area contributed by atoms with Gasteiger partial charge in [0, 0.05) is 19.5 Å². The fourth-order valence-corrected chi connectivity index (χ4v) is 5.57. The SMILES string of the molecule is CC(=O)Nc1cccc(Cl)c1C(=O)CN(Cc1cc(F)cc(F)c1)C(=O)c1cnn([C@H]2CC[C@H](C(=O)O)CC2)c1C(F)(F)F. The van der Waals surface area contributed by atoms with Gasteiger partial charge in [-0.25, -0.2) is 8.78 Å². The van der Waals surface area contributed by atoms with Crippen molar-refractivity contribution in [2.75, 3.05) is 11.9 Å². The second-order valence-electron chi connectivity index (χ2n) is 10.4. The second kappa shape index (κ2) is 13.1. The molecule has 15 heteroatoms. The van der Waals surface area contributed by atoms with Crippen molar-refractivity contribution in [3.05, 3.63) is 81.6 Å². The summed E-state index contributed by atoms with van der Waals surface area (Å²) in [6.07, 6.45) is -4.03. The van der Waals surface area contributed by atoms with Gasteiger partial charge < -0.3 is 15.3 Å². The van der Waals surface area contributed by atoms with Crippen molar-refractivity contribution in [1.29, 1.82) is 0 Å². The van der Waals surface area contributed by atoms with Crippen LogP contribution in [0.3, 0.4) is 0 Å². The van der Waals surface area contributed by atoms with Crippen molar-refractivity contribution in [2.45, 2.75) is 51.4 Å². The highest BCUT2D eigenvalue weighted by atomic mass is 35.5. The number of aromatic nitrogens is 2. The Morgan fingerprint density at radius 3 is 2.27 bits per heavy atom. The third-order valence-electron chi connectivity index (χ3n) is 7.21. The van der Waals surface area contributed by atoms with E-state index in [0.717, 1.165) is 12.1 Å². The van der Waals surface area contributed by atoms with Crippen molar-refractivity contribution in [2.24, 2.45) is 5.92 Å². The minimum absolute atomic E-state index is 0.0139. The van der Waals surface area contributed by atoms with Gasteiger partial charge >= 0.3 is 12.1 Å². The molecule has 0 unspecified atom stereocenters. The zero-order valence-electron chi connectivity index (χ0n) is 23.1. The van der Waals surface area contributed by atoms with E-state index >= 15 is 0 Å². The Morgan fingerprint density at radius 1 is 1.07 bits per heavy atom. The number of hydrogen-bond donors (Lipinski definition) is 2. The normalized spacial score (nSPS) is 16.8. The van der Waals surface area contributed by atoms with Crippen molar-refractivity contribution in [1.82, 2.24) is 14.7 Å². The van der Waals surface area contributed by atoms with Crippen LogP contribution in [-0.4, -0.2) is 49.9 Å². The van der Waals surface area contributed by atoms with E-state index in [2.05, 4.69) is 10.4 Å². The zero-order chi connectivity index (χ0) is 32.3. The summed E-state index contributed by atoms with van der Waals surface area (Å²) >= 11 is 6.22. The number of carboxylic acids is 1.